The topological polar surface area (TPSA) is 26.3 Å². The largest absolute Gasteiger partial charge is 0.462 e. The molecule has 0 spiro atoms. The molecule has 0 aliphatic rings. The molecule has 2 nitrogen and oxygen atoms in total. The Hall–Kier alpha value is -2.20. The number of carbonyl (C=O) groups is 1. The first-order valence-corrected chi connectivity index (χ1v) is 7.41. The fourth-order valence-electron chi connectivity index (χ4n) is 2.10. The van der Waals surface area contributed by atoms with E-state index in [0.717, 1.165) is 6.07 Å². The highest BCUT2D eigenvalue weighted by atomic mass is 35.5. The molecule has 2 aromatic carbocycles. The Morgan fingerprint density at radius 2 is 1.78 bits per heavy atom. The molecule has 0 fully saturated rings. The van der Waals surface area contributed by atoms with Crippen LogP contribution in [0.1, 0.15) is 19.4 Å². The highest BCUT2D eigenvalue weighted by Crippen LogP contribution is 2.27. The van der Waals surface area contributed by atoms with Crippen molar-refractivity contribution in [2.75, 3.05) is 6.61 Å². The van der Waals surface area contributed by atoms with Crippen LogP contribution in [0.15, 0.2) is 47.5 Å². The Kier molecular flexibility index (Phi) is 5.50. The van der Waals surface area contributed by atoms with Gasteiger partial charge in [0.25, 0.3) is 0 Å². The SMILES string of the molecule is CCOC(=O)C(Cl)=C(C)c1ccc(-c2ccc(F)cc2F)cc1. The van der Waals surface area contributed by atoms with E-state index >= 15 is 0 Å². The average molecular weight is 337 g/mol. The Labute approximate surface area is 138 Å². The monoisotopic (exact) mass is 336 g/mol. The van der Waals surface area contributed by atoms with E-state index in [1.807, 2.05) is 0 Å². The lowest BCUT2D eigenvalue weighted by Crippen LogP contribution is -2.05. The highest BCUT2D eigenvalue weighted by molar-refractivity contribution is 6.44. The molecular weight excluding hydrogens is 322 g/mol. The van der Waals surface area contributed by atoms with Crippen molar-refractivity contribution in [3.05, 3.63) is 64.7 Å². The summed E-state index contributed by atoms with van der Waals surface area (Å²) in [4.78, 5) is 11.6. The van der Waals surface area contributed by atoms with Crippen LogP contribution in [0.5, 0.6) is 0 Å². The van der Waals surface area contributed by atoms with Crippen molar-refractivity contribution in [3.63, 3.8) is 0 Å². The summed E-state index contributed by atoms with van der Waals surface area (Å²) in [6.07, 6.45) is 0. The summed E-state index contributed by atoms with van der Waals surface area (Å²) in [5.41, 5.74) is 2.19. The van der Waals surface area contributed by atoms with Gasteiger partial charge in [-0.1, -0.05) is 35.9 Å². The molecule has 0 aromatic heterocycles. The van der Waals surface area contributed by atoms with Gasteiger partial charge >= 0.3 is 5.97 Å². The van der Waals surface area contributed by atoms with Crippen LogP contribution in [0.3, 0.4) is 0 Å². The zero-order valence-electron chi connectivity index (χ0n) is 12.7. The van der Waals surface area contributed by atoms with E-state index in [2.05, 4.69) is 0 Å². The van der Waals surface area contributed by atoms with Gasteiger partial charge < -0.3 is 4.74 Å². The third kappa shape index (κ3) is 3.96. The number of ether oxygens (including phenoxy) is 1. The van der Waals surface area contributed by atoms with Crippen LogP contribution < -0.4 is 0 Å². The Morgan fingerprint density at radius 1 is 1.13 bits per heavy atom. The third-order valence-electron chi connectivity index (χ3n) is 3.34. The van der Waals surface area contributed by atoms with Crippen LogP contribution in [0.25, 0.3) is 16.7 Å². The summed E-state index contributed by atoms with van der Waals surface area (Å²) in [6, 6.07) is 10.2. The summed E-state index contributed by atoms with van der Waals surface area (Å²) in [7, 11) is 0. The van der Waals surface area contributed by atoms with Crippen molar-refractivity contribution < 1.29 is 18.3 Å². The third-order valence-corrected chi connectivity index (χ3v) is 3.78. The molecule has 0 bridgehead atoms. The number of halogens is 3. The first kappa shape index (κ1) is 17.2. The molecular formula is C18H15ClF2O2. The fourth-order valence-corrected chi connectivity index (χ4v) is 2.26. The predicted molar refractivity (Wildman–Crippen MR) is 86.9 cm³/mol. The highest BCUT2D eigenvalue weighted by Gasteiger charge is 2.13. The molecule has 0 radical (unpaired) electrons. The second kappa shape index (κ2) is 7.38. The van der Waals surface area contributed by atoms with Crippen molar-refractivity contribution in [1.82, 2.24) is 0 Å². The van der Waals surface area contributed by atoms with Crippen LogP contribution in [0.2, 0.25) is 0 Å². The zero-order chi connectivity index (χ0) is 17.0. The Balaban J connectivity index is 2.32. The van der Waals surface area contributed by atoms with Crippen LogP contribution >= 0.6 is 11.6 Å². The lowest BCUT2D eigenvalue weighted by atomic mass is 10.0. The molecule has 0 aliphatic carbocycles. The number of carbonyl (C=O) groups excluding carboxylic acids is 1. The van der Waals surface area contributed by atoms with Gasteiger partial charge in [0.2, 0.25) is 0 Å². The predicted octanol–water partition coefficient (Wildman–Crippen LogP) is 5.16. The smallest absolute Gasteiger partial charge is 0.350 e. The minimum absolute atomic E-state index is 0.00700. The van der Waals surface area contributed by atoms with Crippen molar-refractivity contribution in [2.24, 2.45) is 0 Å². The minimum atomic E-state index is -0.630. The maximum absolute atomic E-state index is 13.8. The molecule has 23 heavy (non-hydrogen) atoms. The van der Waals surface area contributed by atoms with Gasteiger partial charge in [-0.25, -0.2) is 13.6 Å². The zero-order valence-corrected chi connectivity index (χ0v) is 13.5. The average Bonchev–Trinajstić information content (AvgIpc) is 2.54. The van der Waals surface area contributed by atoms with Crippen molar-refractivity contribution in [3.8, 4) is 11.1 Å². The Bertz CT molecular complexity index is 752. The van der Waals surface area contributed by atoms with Crippen LogP contribution in [-0.4, -0.2) is 12.6 Å². The normalized spacial score (nSPS) is 11.9. The summed E-state index contributed by atoms with van der Waals surface area (Å²) < 4.78 is 31.6. The van der Waals surface area contributed by atoms with Crippen LogP contribution in [-0.2, 0) is 9.53 Å². The molecule has 0 N–H and O–H groups in total. The summed E-state index contributed by atoms with van der Waals surface area (Å²) in [5, 5.41) is 0.00700. The maximum Gasteiger partial charge on any atom is 0.350 e. The van der Waals surface area contributed by atoms with Gasteiger partial charge in [-0.3, -0.25) is 0 Å². The van der Waals surface area contributed by atoms with E-state index in [1.54, 1.807) is 38.1 Å². The number of hydrogen-bond donors (Lipinski definition) is 0. The lowest BCUT2D eigenvalue weighted by Gasteiger charge is -2.08. The quantitative estimate of drug-likeness (QED) is 0.569. The number of hydrogen-bond acceptors (Lipinski definition) is 2. The van der Waals surface area contributed by atoms with E-state index in [1.165, 1.54) is 12.1 Å². The second-order valence-electron chi connectivity index (χ2n) is 4.86. The van der Waals surface area contributed by atoms with Crippen LogP contribution in [0, 0.1) is 11.6 Å². The molecule has 0 atom stereocenters. The molecule has 2 aromatic rings. The van der Waals surface area contributed by atoms with Crippen LogP contribution in [0.4, 0.5) is 8.78 Å². The molecule has 120 valence electrons. The van der Waals surface area contributed by atoms with E-state index in [4.69, 9.17) is 16.3 Å². The molecule has 0 saturated carbocycles. The van der Waals surface area contributed by atoms with Gasteiger partial charge in [0, 0.05) is 11.6 Å². The number of rotatable bonds is 4. The molecule has 0 aliphatic heterocycles. The standard InChI is InChI=1S/C18H15ClF2O2/c1-3-23-18(22)17(19)11(2)12-4-6-13(7-5-12)15-9-8-14(20)10-16(15)21/h4-10H,3H2,1-2H3. The molecule has 0 saturated heterocycles. The number of benzene rings is 2. The second-order valence-corrected chi connectivity index (χ2v) is 5.24. The first-order chi connectivity index (χ1) is 10.9. The molecule has 2 rings (SSSR count). The van der Waals surface area contributed by atoms with Crippen molar-refractivity contribution in [2.45, 2.75) is 13.8 Å². The lowest BCUT2D eigenvalue weighted by molar-refractivity contribution is -0.137. The minimum Gasteiger partial charge on any atom is -0.462 e. The number of allylic oxidation sites excluding steroid dienone is 1. The van der Waals surface area contributed by atoms with Gasteiger partial charge in [0.05, 0.1) is 6.61 Å². The number of esters is 1. The van der Waals surface area contributed by atoms with E-state index < -0.39 is 17.6 Å². The van der Waals surface area contributed by atoms with E-state index in [0.29, 0.717) is 22.3 Å². The fraction of sp³-hybridized carbons (Fsp3) is 0.167. The molecule has 0 heterocycles. The van der Waals surface area contributed by atoms with Crippen molar-refractivity contribution >= 4 is 23.1 Å². The van der Waals surface area contributed by atoms with Gasteiger partial charge in [-0.2, -0.15) is 0 Å². The summed E-state index contributed by atoms with van der Waals surface area (Å²) in [6.45, 7) is 3.64. The van der Waals surface area contributed by atoms with Crippen molar-refractivity contribution in [1.29, 1.82) is 0 Å². The van der Waals surface area contributed by atoms with Gasteiger partial charge in [-0.05, 0) is 42.7 Å². The molecule has 0 unspecified atom stereocenters. The Morgan fingerprint density at radius 3 is 2.35 bits per heavy atom. The first-order valence-electron chi connectivity index (χ1n) is 7.03. The van der Waals surface area contributed by atoms with Gasteiger partial charge in [-0.15, -0.1) is 0 Å². The summed E-state index contributed by atoms with van der Waals surface area (Å²) >= 11 is 6.00. The maximum atomic E-state index is 13.8. The summed E-state index contributed by atoms with van der Waals surface area (Å²) in [5.74, 6) is -1.84. The van der Waals surface area contributed by atoms with E-state index in [-0.39, 0.29) is 11.6 Å². The molecule has 5 heteroatoms. The van der Waals surface area contributed by atoms with Gasteiger partial charge in [0.15, 0.2) is 0 Å². The van der Waals surface area contributed by atoms with Gasteiger partial charge in [0.1, 0.15) is 16.7 Å². The molecule has 0 amide bonds. The van der Waals surface area contributed by atoms with E-state index in [9.17, 15) is 13.6 Å².